The molecule has 2 aromatic carbocycles. The summed E-state index contributed by atoms with van der Waals surface area (Å²) in [6.07, 6.45) is 1.05. The summed E-state index contributed by atoms with van der Waals surface area (Å²) in [5.74, 6) is -0.507. The zero-order valence-electron chi connectivity index (χ0n) is 14.7. The van der Waals surface area contributed by atoms with Gasteiger partial charge in [0.1, 0.15) is 17.4 Å². The van der Waals surface area contributed by atoms with Crippen molar-refractivity contribution < 1.29 is 19.4 Å². The van der Waals surface area contributed by atoms with Crippen LogP contribution in [-0.4, -0.2) is 28.2 Å². The zero-order valence-corrected chi connectivity index (χ0v) is 14.7. The molecule has 0 bridgehead atoms. The van der Waals surface area contributed by atoms with E-state index in [1.165, 1.54) is 25.3 Å². The number of hydrogen-bond donors (Lipinski definition) is 4. The van der Waals surface area contributed by atoms with E-state index in [0.29, 0.717) is 22.3 Å². The second kappa shape index (κ2) is 7.43. The Hall–Kier alpha value is -3.45. The highest BCUT2D eigenvalue weighted by atomic mass is 19.1. The highest BCUT2D eigenvalue weighted by molar-refractivity contribution is 6.06. The fraction of sp³-hybridized carbons (Fsp3) is 0.100. The van der Waals surface area contributed by atoms with E-state index in [-0.39, 0.29) is 17.5 Å². The highest BCUT2D eigenvalue weighted by Gasteiger charge is 2.21. The number of aromatic hydroxyl groups is 1. The van der Waals surface area contributed by atoms with Gasteiger partial charge in [0.2, 0.25) is 5.88 Å². The van der Waals surface area contributed by atoms with Gasteiger partial charge in [0.15, 0.2) is 0 Å². The first-order valence-electron chi connectivity index (χ1n) is 8.07. The number of benzene rings is 2. The van der Waals surface area contributed by atoms with E-state index in [1.807, 2.05) is 18.5 Å². The topological polar surface area (TPSA) is 98.5 Å². The van der Waals surface area contributed by atoms with Gasteiger partial charge in [-0.3, -0.25) is 16.1 Å². The van der Waals surface area contributed by atoms with E-state index in [4.69, 9.17) is 10.1 Å². The summed E-state index contributed by atoms with van der Waals surface area (Å²) in [4.78, 5) is 3.98. The first-order chi connectivity index (χ1) is 12.9. The van der Waals surface area contributed by atoms with Crippen LogP contribution in [0.15, 0.2) is 48.7 Å². The highest BCUT2D eigenvalue weighted by Crippen LogP contribution is 2.40. The molecular formula is C20H18FN3O3. The minimum atomic E-state index is -0.558. The lowest BCUT2D eigenvalue weighted by Gasteiger charge is -2.18. The average molecular weight is 367 g/mol. The predicted octanol–water partition coefficient (Wildman–Crippen LogP) is 3.88. The van der Waals surface area contributed by atoms with Crippen LogP contribution >= 0.6 is 0 Å². The summed E-state index contributed by atoms with van der Waals surface area (Å²) in [5.41, 5.74) is 5.27. The molecular weight excluding hydrogens is 349 g/mol. The van der Waals surface area contributed by atoms with Gasteiger partial charge >= 0.3 is 0 Å². The molecule has 7 heteroatoms. The molecule has 138 valence electrons. The first kappa shape index (κ1) is 18.3. The Morgan fingerprint density at radius 2 is 1.85 bits per heavy atom. The summed E-state index contributed by atoms with van der Waals surface area (Å²) in [6, 6.07) is 11.4. The summed E-state index contributed by atoms with van der Waals surface area (Å²) in [7, 11) is 1.42. The number of hydroxylamine groups is 1. The molecule has 0 spiro atoms. The Morgan fingerprint density at radius 1 is 1.15 bits per heavy atom. The Kier molecular flexibility index (Phi) is 5.05. The third-order valence-corrected chi connectivity index (χ3v) is 4.12. The lowest BCUT2D eigenvalue weighted by Crippen LogP contribution is -2.20. The molecule has 6 nitrogen and oxygen atoms in total. The Bertz CT molecular complexity index is 1000. The number of rotatable bonds is 4. The minimum absolute atomic E-state index is 0.114. The SMILES string of the molecule is COc1ncc(F)cc1-c1c(C(=N)NO)cc(C)cc1-c1ccc(O)cc1. The average Bonchev–Trinajstić information content (AvgIpc) is 2.67. The maximum absolute atomic E-state index is 14.0. The van der Waals surface area contributed by atoms with Crippen LogP contribution in [0.25, 0.3) is 22.3 Å². The number of amidine groups is 1. The molecule has 27 heavy (non-hydrogen) atoms. The fourth-order valence-corrected chi connectivity index (χ4v) is 2.97. The van der Waals surface area contributed by atoms with Gasteiger partial charge in [-0.1, -0.05) is 18.2 Å². The van der Waals surface area contributed by atoms with Gasteiger partial charge in [0, 0.05) is 16.7 Å². The number of aromatic nitrogens is 1. The van der Waals surface area contributed by atoms with Gasteiger partial charge in [-0.15, -0.1) is 0 Å². The van der Waals surface area contributed by atoms with Crippen LogP contribution in [0.4, 0.5) is 4.39 Å². The molecule has 0 aliphatic heterocycles. The van der Waals surface area contributed by atoms with Crippen molar-refractivity contribution >= 4 is 5.84 Å². The normalized spacial score (nSPS) is 10.5. The molecule has 0 aliphatic carbocycles. The van der Waals surface area contributed by atoms with Crippen LogP contribution < -0.4 is 10.2 Å². The molecule has 0 unspecified atom stereocenters. The van der Waals surface area contributed by atoms with Crippen LogP contribution in [-0.2, 0) is 0 Å². The van der Waals surface area contributed by atoms with E-state index in [2.05, 4.69) is 4.98 Å². The van der Waals surface area contributed by atoms with Crippen molar-refractivity contribution in [1.82, 2.24) is 10.5 Å². The smallest absolute Gasteiger partial charge is 0.221 e. The Labute approximate surface area is 155 Å². The molecule has 1 heterocycles. The molecule has 0 aliphatic rings. The van der Waals surface area contributed by atoms with Crippen molar-refractivity contribution in [2.24, 2.45) is 0 Å². The molecule has 0 saturated heterocycles. The number of phenols is 1. The minimum Gasteiger partial charge on any atom is -0.508 e. The fourth-order valence-electron chi connectivity index (χ4n) is 2.97. The molecule has 4 N–H and O–H groups in total. The Balaban J connectivity index is 2.41. The van der Waals surface area contributed by atoms with Crippen molar-refractivity contribution in [1.29, 1.82) is 5.41 Å². The van der Waals surface area contributed by atoms with E-state index < -0.39 is 5.82 Å². The van der Waals surface area contributed by atoms with Gasteiger partial charge in [-0.05, 0) is 47.9 Å². The Morgan fingerprint density at radius 3 is 2.48 bits per heavy atom. The molecule has 1 aromatic heterocycles. The molecule has 0 radical (unpaired) electrons. The second-order valence-electron chi connectivity index (χ2n) is 5.98. The molecule has 3 aromatic rings. The zero-order chi connectivity index (χ0) is 19.6. The van der Waals surface area contributed by atoms with E-state index in [9.17, 15) is 14.7 Å². The molecule has 0 amide bonds. The van der Waals surface area contributed by atoms with E-state index >= 15 is 0 Å². The number of nitrogens with zero attached hydrogens (tertiary/aromatic N) is 1. The number of hydrogen-bond acceptors (Lipinski definition) is 5. The van der Waals surface area contributed by atoms with Crippen LogP contribution in [0.5, 0.6) is 11.6 Å². The van der Waals surface area contributed by atoms with Crippen LogP contribution in [0.3, 0.4) is 0 Å². The van der Waals surface area contributed by atoms with Gasteiger partial charge < -0.3 is 9.84 Å². The molecule has 0 fully saturated rings. The van der Waals surface area contributed by atoms with Gasteiger partial charge in [-0.2, -0.15) is 0 Å². The number of nitrogens with one attached hydrogen (secondary N) is 2. The van der Waals surface area contributed by atoms with E-state index in [0.717, 1.165) is 17.3 Å². The number of aryl methyl sites for hydroxylation is 1. The number of methoxy groups -OCH3 is 1. The maximum atomic E-state index is 14.0. The molecule has 0 atom stereocenters. The third kappa shape index (κ3) is 3.58. The van der Waals surface area contributed by atoms with Crippen molar-refractivity contribution in [2.75, 3.05) is 7.11 Å². The van der Waals surface area contributed by atoms with Crippen LogP contribution in [0.1, 0.15) is 11.1 Å². The van der Waals surface area contributed by atoms with Crippen molar-refractivity contribution in [3.63, 3.8) is 0 Å². The second-order valence-corrected chi connectivity index (χ2v) is 5.98. The largest absolute Gasteiger partial charge is 0.508 e. The first-order valence-corrected chi connectivity index (χ1v) is 8.07. The quantitative estimate of drug-likeness (QED) is 0.319. The summed E-state index contributed by atoms with van der Waals surface area (Å²) in [5, 5.41) is 27.0. The van der Waals surface area contributed by atoms with Gasteiger partial charge in [-0.25, -0.2) is 9.37 Å². The lowest BCUT2D eigenvalue weighted by atomic mass is 9.88. The standard InChI is InChI=1S/C20H18FN3O3/c1-11-7-15(12-3-5-14(25)6-4-12)18(16(8-11)19(22)24-26)17-9-13(21)10-23-20(17)27-2/h3-10,25-26H,1-2H3,(H2,22,24). The summed E-state index contributed by atoms with van der Waals surface area (Å²) < 4.78 is 19.3. The number of pyridine rings is 1. The predicted molar refractivity (Wildman–Crippen MR) is 99.8 cm³/mol. The van der Waals surface area contributed by atoms with Gasteiger partial charge in [0.25, 0.3) is 0 Å². The number of ether oxygens (including phenoxy) is 1. The summed E-state index contributed by atoms with van der Waals surface area (Å²) >= 11 is 0. The molecule has 3 rings (SSSR count). The number of phenolic OH excluding ortho intramolecular Hbond substituents is 1. The third-order valence-electron chi connectivity index (χ3n) is 4.12. The van der Waals surface area contributed by atoms with Gasteiger partial charge in [0.05, 0.1) is 13.3 Å². The maximum Gasteiger partial charge on any atom is 0.221 e. The van der Waals surface area contributed by atoms with Crippen LogP contribution in [0.2, 0.25) is 0 Å². The van der Waals surface area contributed by atoms with Crippen molar-refractivity contribution in [3.05, 3.63) is 65.6 Å². The van der Waals surface area contributed by atoms with Crippen molar-refractivity contribution in [2.45, 2.75) is 6.92 Å². The van der Waals surface area contributed by atoms with Crippen molar-refractivity contribution in [3.8, 4) is 33.9 Å². The van der Waals surface area contributed by atoms with E-state index in [1.54, 1.807) is 18.2 Å². The van der Waals surface area contributed by atoms with Crippen LogP contribution in [0, 0.1) is 18.2 Å². The number of halogens is 1. The lowest BCUT2D eigenvalue weighted by molar-refractivity contribution is 0.234. The summed E-state index contributed by atoms with van der Waals surface area (Å²) in [6.45, 7) is 1.85. The monoisotopic (exact) mass is 367 g/mol. The molecule has 0 saturated carbocycles.